The summed E-state index contributed by atoms with van der Waals surface area (Å²) in [5, 5.41) is 0. The number of piperidine rings is 1. The summed E-state index contributed by atoms with van der Waals surface area (Å²) < 4.78 is 5.40. The molecule has 0 aromatic carbocycles. The third-order valence-corrected chi connectivity index (χ3v) is 3.61. The van der Waals surface area contributed by atoms with Gasteiger partial charge in [0.1, 0.15) is 5.76 Å². The topological polar surface area (TPSA) is 42.4 Å². The molecule has 0 bridgehead atoms. The molecular formula is C13H22N2O. The molecule has 1 aromatic rings. The summed E-state index contributed by atoms with van der Waals surface area (Å²) in [6.07, 6.45) is 4.97. The maximum atomic E-state index is 5.98. The van der Waals surface area contributed by atoms with Crippen LogP contribution in [0.25, 0.3) is 0 Å². The van der Waals surface area contributed by atoms with Crippen LogP contribution in [0.15, 0.2) is 22.8 Å². The largest absolute Gasteiger partial charge is 0.469 e. The van der Waals surface area contributed by atoms with Crippen molar-refractivity contribution in [1.29, 1.82) is 0 Å². The second kappa shape index (κ2) is 5.02. The average molecular weight is 222 g/mol. The second-order valence-electron chi connectivity index (χ2n) is 5.00. The Balaban J connectivity index is 1.91. The van der Waals surface area contributed by atoms with Gasteiger partial charge >= 0.3 is 0 Å². The fraction of sp³-hybridized carbons (Fsp3) is 0.692. The van der Waals surface area contributed by atoms with Crippen LogP contribution >= 0.6 is 0 Å². The molecule has 3 heteroatoms. The molecule has 2 rings (SSSR count). The predicted octanol–water partition coefficient (Wildman–Crippen LogP) is 2.02. The van der Waals surface area contributed by atoms with Crippen molar-refractivity contribution in [2.75, 3.05) is 6.54 Å². The molecule has 2 N–H and O–H groups in total. The second-order valence-corrected chi connectivity index (χ2v) is 5.00. The van der Waals surface area contributed by atoms with Crippen LogP contribution in [0.5, 0.6) is 0 Å². The van der Waals surface area contributed by atoms with Gasteiger partial charge in [0.2, 0.25) is 0 Å². The zero-order chi connectivity index (χ0) is 11.5. The number of hydrogen-bond donors (Lipinski definition) is 1. The summed E-state index contributed by atoms with van der Waals surface area (Å²) in [4.78, 5) is 2.55. The highest BCUT2D eigenvalue weighted by molar-refractivity contribution is 5.01. The minimum Gasteiger partial charge on any atom is -0.469 e. The minimum absolute atomic E-state index is 0.391. The normalized spacial score (nSPS) is 29.2. The standard InChI is InChI=1S/C13H22N2O/c1-10-8-12(14)5-6-15(10)11(2)9-13-4-3-7-16-13/h3-4,7,10-12H,5-6,8-9,14H2,1-2H3. The van der Waals surface area contributed by atoms with Gasteiger partial charge in [-0.15, -0.1) is 0 Å². The highest BCUT2D eigenvalue weighted by Gasteiger charge is 2.27. The number of rotatable bonds is 3. The maximum Gasteiger partial charge on any atom is 0.105 e. The summed E-state index contributed by atoms with van der Waals surface area (Å²) in [5.74, 6) is 1.08. The monoisotopic (exact) mass is 222 g/mol. The first-order valence-electron chi connectivity index (χ1n) is 6.20. The molecule has 1 aliphatic heterocycles. The van der Waals surface area contributed by atoms with E-state index in [2.05, 4.69) is 24.8 Å². The van der Waals surface area contributed by atoms with E-state index >= 15 is 0 Å². The number of furan rings is 1. The van der Waals surface area contributed by atoms with Gasteiger partial charge in [0.05, 0.1) is 6.26 Å². The van der Waals surface area contributed by atoms with Crippen LogP contribution in [0.1, 0.15) is 32.4 Å². The van der Waals surface area contributed by atoms with Gasteiger partial charge < -0.3 is 10.2 Å². The first kappa shape index (κ1) is 11.7. The molecule has 1 aliphatic rings. The van der Waals surface area contributed by atoms with Crippen LogP contribution in [0.2, 0.25) is 0 Å². The van der Waals surface area contributed by atoms with Gasteiger partial charge in [0, 0.05) is 31.1 Å². The third kappa shape index (κ3) is 2.66. The molecule has 3 atom stereocenters. The van der Waals surface area contributed by atoms with E-state index in [1.807, 2.05) is 6.07 Å². The van der Waals surface area contributed by atoms with Crippen molar-refractivity contribution >= 4 is 0 Å². The number of likely N-dealkylation sites (tertiary alicyclic amines) is 1. The van der Waals surface area contributed by atoms with E-state index in [0.717, 1.165) is 31.6 Å². The van der Waals surface area contributed by atoms with Gasteiger partial charge in [-0.2, -0.15) is 0 Å². The van der Waals surface area contributed by atoms with E-state index in [9.17, 15) is 0 Å². The quantitative estimate of drug-likeness (QED) is 0.851. The summed E-state index contributed by atoms with van der Waals surface area (Å²) in [6, 6.07) is 5.53. The Morgan fingerprint density at radius 3 is 3.06 bits per heavy atom. The van der Waals surface area contributed by atoms with Crippen LogP contribution in [0, 0.1) is 0 Å². The molecule has 1 fully saturated rings. The molecular weight excluding hydrogens is 200 g/mol. The van der Waals surface area contributed by atoms with Gasteiger partial charge in [-0.1, -0.05) is 0 Å². The molecule has 2 heterocycles. The summed E-state index contributed by atoms with van der Waals surface area (Å²) in [7, 11) is 0. The molecule has 3 nitrogen and oxygen atoms in total. The number of hydrogen-bond acceptors (Lipinski definition) is 3. The Morgan fingerprint density at radius 1 is 1.62 bits per heavy atom. The molecule has 0 saturated carbocycles. The summed E-state index contributed by atoms with van der Waals surface area (Å²) in [5.41, 5.74) is 5.98. The van der Waals surface area contributed by atoms with Gasteiger partial charge in [0.15, 0.2) is 0 Å². The van der Waals surface area contributed by atoms with Crippen molar-refractivity contribution in [3.8, 4) is 0 Å². The molecule has 16 heavy (non-hydrogen) atoms. The number of nitrogens with zero attached hydrogens (tertiary/aromatic N) is 1. The SMILES string of the molecule is CC(Cc1ccco1)N1CCC(N)CC1C. The van der Waals surface area contributed by atoms with Crippen LogP contribution in [-0.2, 0) is 6.42 Å². The van der Waals surface area contributed by atoms with Crippen LogP contribution < -0.4 is 5.73 Å². The first-order chi connectivity index (χ1) is 7.66. The molecule has 3 unspecified atom stereocenters. The Labute approximate surface area is 97.6 Å². The van der Waals surface area contributed by atoms with E-state index in [0.29, 0.717) is 18.1 Å². The fourth-order valence-electron chi connectivity index (χ4n) is 2.72. The van der Waals surface area contributed by atoms with Gasteiger partial charge in [0.25, 0.3) is 0 Å². The van der Waals surface area contributed by atoms with Crippen molar-refractivity contribution in [1.82, 2.24) is 4.90 Å². The lowest BCUT2D eigenvalue weighted by atomic mass is 9.96. The molecule has 0 spiro atoms. The fourth-order valence-corrected chi connectivity index (χ4v) is 2.72. The van der Waals surface area contributed by atoms with Crippen molar-refractivity contribution < 1.29 is 4.42 Å². The Hall–Kier alpha value is -0.800. The summed E-state index contributed by atoms with van der Waals surface area (Å²) >= 11 is 0. The van der Waals surface area contributed by atoms with Crippen molar-refractivity contribution in [3.63, 3.8) is 0 Å². The lowest BCUT2D eigenvalue weighted by Crippen LogP contribution is -2.49. The predicted molar refractivity (Wildman–Crippen MR) is 65.3 cm³/mol. The first-order valence-corrected chi connectivity index (χ1v) is 6.20. The zero-order valence-electron chi connectivity index (χ0n) is 10.2. The van der Waals surface area contributed by atoms with Crippen molar-refractivity contribution in [2.24, 2.45) is 5.73 Å². The van der Waals surface area contributed by atoms with E-state index in [-0.39, 0.29) is 0 Å². The highest BCUT2D eigenvalue weighted by Crippen LogP contribution is 2.20. The molecule has 0 aliphatic carbocycles. The minimum atomic E-state index is 0.391. The molecule has 1 saturated heterocycles. The molecule has 1 aromatic heterocycles. The molecule has 90 valence electrons. The Morgan fingerprint density at radius 2 is 2.44 bits per heavy atom. The Kier molecular flexibility index (Phi) is 3.66. The van der Waals surface area contributed by atoms with Crippen molar-refractivity contribution in [2.45, 2.75) is 51.2 Å². The van der Waals surface area contributed by atoms with Crippen LogP contribution in [0.4, 0.5) is 0 Å². The van der Waals surface area contributed by atoms with Gasteiger partial charge in [-0.25, -0.2) is 0 Å². The van der Waals surface area contributed by atoms with Gasteiger partial charge in [-0.05, 0) is 38.8 Å². The smallest absolute Gasteiger partial charge is 0.105 e. The van der Waals surface area contributed by atoms with Crippen LogP contribution in [0.3, 0.4) is 0 Å². The Bertz CT molecular complexity index is 310. The number of nitrogens with two attached hydrogens (primary N) is 1. The maximum absolute atomic E-state index is 5.98. The summed E-state index contributed by atoms with van der Waals surface area (Å²) in [6.45, 7) is 5.66. The van der Waals surface area contributed by atoms with Crippen LogP contribution in [-0.4, -0.2) is 29.6 Å². The molecule has 0 radical (unpaired) electrons. The van der Waals surface area contributed by atoms with E-state index in [1.165, 1.54) is 0 Å². The third-order valence-electron chi connectivity index (χ3n) is 3.61. The van der Waals surface area contributed by atoms with E-state index in [4.69, 9.17) is 10.2 Å². The lowest BCUT2D eigenvalue weighted by molar-refractivity contribution is 0.101. The zero-order valence-corrected chi connectivity index (χ0v) is 10.2. The van der Waals surface area contributed by atoms with Gasteiger partial charge in [-0.3, -0.25) is 4.90 Å². The van der Waals surface area contributed by atoms with E-state index < -0.39 is 0 Å². The lowest BCUT2D eigenvalue weighted by Gasteiger charge is -2.40. The van der Waals surface area contributed by atoms with Crippen molar-refractivity contribution in [3.05, 3.63) is 24.2 Å². The molecule has 0 amide bonds. The van der Waals surface area contributed by atoms with E-state index in [1.54, 1.807) is 6.26 Å². The average Bonchev–Trinajstić information content (AvgIpc) is 2.70. The highest BCUT2D eigenvalue weighted by atomic mass is 16.3.